The highest BCUT2D eigenvalue weighted by atomic mass is 19.3. The van der Waals surface area contributed by atoms with Gasteiger partial charge < -0.3 is 25.3 Å². The zero-order chi connectivity index (χ0) is 17.2. The summed E-state index contributed by atoms with van der Waals surface area (Å²) in [7, 11) is 1.49. The number of hydrogen-bond donors (Lipinski definition) is 2. The number of ether oxygens (including phenoxy) is 3. The van der Waals surface area contributed by atoms with Gasteiger partial charge in [0.25, 0.3) is 0 Å². The van der Waals surface area contributed by atoms with Crippen LogP contribution < -0.4 is 20.5 Å². The summed E-state index contributed by atoms with van der Waals surface area (Å²) in [6, 6.07) is 4.52. The zero-order valence-electron chi connectivity index (χ0n) is 13.2. The zero-order valence-corrected chi connectivity index (χ0v) is 13.2. The van der Waals surface area contributed by atoms with Crippen molar-refractivity contribution in [2.75, 3.05) is 20.3 Å². The number of carbonyl (C=O) groups is 1. The Hall–Kier alpha value is -1.93. The number of nitrogens with one attached hydrogen (secondary N) is 1. The molecule has 0 aliphatic carbocycles. The van der Waals surface area contributed by atoms with Crippen LogP contribution in [0.25, 0.3) is 0 Å². The molecule has 1 unspecified atom stereocenters. The van der Waals surface area contributed by atoms with Gasteiger partial charge in [-0.3, -0.25) is 4.79 Å². The van der Waals surface area contributed by atoms with E-state index in [1.54, 1.807) is 19.1 Å². The van der Waals surface area contributed by atoms with Gasteiger partial charge in [-0.2, -0.15) is 8.78 Å². The van der Waals surface area contributed by atoms with Crippen molar-refractivity contribution < 1.29 is 27.8 Å². The molecule has 0 fully saturated rings. The van der Waals surface area contributed by atoms with Gasteiger partial charge in [0.1, 0.15) is 0 Å². The molecule has 1 rings (SSSR count). The summed E-state index contributed by atoms with van der Waals surface area (Å²) in [5, 5.41) is 2.71. The molecule has 8 heteroatoms. The van der Waals surface area contributed by atoms with Gasteiger partial charge in [-0.25, -0.2) is 0 Å². The van der Waals surface area contributed by atoms with E-state index in [4.69, 9.17) is 15.2 Å². The molecule has 0 aromatic heterocycles. The van der Waals surface area contributed by atoms with Crippen LogP contribution in [-0.4, -0.2) is 38.9 Å². The quantitative estimate of drug-likeness (QED) is 0.681. The normalized spacial score (nSPS) is 12.1. The van der Waals surface area contributed by atoms with Crippen LogP contribution in [0.3, 0.4) is 0 Å². The highest BCUT2D eigenvalue weighted by Gasteiger charge is 2.13. The molecule has 0 radical (unpaired) electrons. The monoisotopic (exact) mass is 332 g/mol. The Kier molecular flexibility index (Phi) is 8.28. The van der Waals surface area contributed by atoms with Crippen LogP contribution in [0.2, 0.25) is 0 Å². The molecular weight excluding hydrogens is 310 g/mol. The Morgan fingerprint density at radius 1 is 1.35 bits per heavy atom. The van der Waals surface area contributed by atoms with E-state index in [0.717, 1.165) is 0 Å². The third-order valence-corrected chi connectivity index (χ3v) is 3.02. The van der Waals surface area contributed by atoms with Crippen LogP contribution in [0.1, 0.15) is 18.9 Å². The summed E-state index contributed by atoms with van der Waals surface area (Å²) in [6.07, 6.45) is -0.187. The van der Waals surface area contributed by atoms with Gasteiger partial charge in [-0.05, 0) is 24.6 Å². The molecule has 3 N–H and O–H groups in total. The van der Waals surface area contributed by atoms with E-state index in [2.05, 4.69) is 10.1 Å². The molecule has 1 aromatic carbocycles. The fourth-order valence-corrected chi connectivity index (χ4v) is 1.87. The molecule has 1 atom stereocenters. The van der Waals surface area contributed by atoms with Crippen LogP contribution in [0.5, 0.6) is 11.5 Å². The third kappa shape index (κ3) is 6.79. The number of amides is 1. The van der Waals surface area contributed by atoms with Gasteiger partial charge in [0.2, 0.25) is 5.91 Å². The molecule has 1 aromatic rings. The standard InChI is InChI=1S/C15H22F2N2O4/c1-3-22-13-6-10(4-5-12(13)23-15(16)17)9-19-14(20)7-11(8-18)21-2/h4-6,11,15H,3,7-9,18H2,1-2H3,(H,19,20). The van der Waals surface area contributed by atoms with Crippen LogP contribution >= 0.6 is 0 Å². The predicted molar refractivity (Wildman–Crippen MR) is 80.6 cm³/mol. The predicted octanol–water partition coefficient (Wildman–Crippen LogP) is 1.67. The molecule has 1 amide bonds. The molecule has 6 nitrogen and oxygen atoms in total. The fraction of sp³-hybridized carbons (Fsp3) is 0.533. The van der Waals surface area contributed by atoms with Crippen molar-refractivity contribution in [1.82, 2.24) is 5.32 Å². The molecular formula is C15H22F2N2O4. The maximum absolute atomic E-state index is 12.3. The van der Waals surface area contributed by atoms with Crippen molar-refractivity contribution in [3.63, 3.8) is 0 Å². The minimum absolute atomic E-state index is 0.0421. The average Bonchev–Trinajstić information content (AvgIpc) is 2.52. The van der Waals surface area contributed by atoms with Gasteiger partial charge in [-0.15, -0.1) is 0 Å². The van der Waals surface area contributed by atoms with E-state index in [-0.39, 0.29) is 43.0 Å². The summed E-state index contributed by atoms with van der Waals surface area (Å²) in [4.78, 5) is 11.8. The summed E-state index contributed by atoms with van der Waals surface area (Å²) >= 11 is 0. The number of hydrogen-bond acceptors (Lipinski definition) is 5. The lowest BCUT2D eigenvalue weighted by atomic mass is 10.2. The van der Waals surface area contributed by atoms with E-state index in [9.17, 15) is 13.6 Å². The van der Waals surface area contributed by atoms with Crippen molar-refractivity contribution in [1.29, 1.82) is 0 Å². The smallest absolute Gasteiger partial charge is 0.387 e. The van der Waals surface area contributed by atoms with Crippen molar-refractivity contribution in [3.8, 4) is 11.5 Å². The Labute approximate surface area is 133 Å². The van der Waals surface area contributed by atoms with E-state index < -0.39 is 6.61 Å². The highest BCUT2D eigenvalue weighted by molar-refractivity contribution is 5.76. The van der Waals surface area contributed by atoms with Crippen LogP contribution in [0, 0.1) is 0 Å². The number of alkyl halides is 2. The number of halogens is 2. The first-order chi connectivity index (χ1) is 11.0. The van der Waals surface area contributed by atoms with Gasteiger partial charge in [0, 0.05) is 20.2 Å². The molecule has 23 heavy (non-hydrogen) atoms. The first-order valence-corrected chi connectivity index (χ1v) is 7.20. The van der Waals surface area contributed by atoms with Crippen LogP contribution in [-0.2, 0) is 16.1 Å². The number of nitrogens with two attached hydrogens (primary N) is 1. The van der Waals surface area contributed by atoms with Gasteiger partial charge in [0.05, 0.1) is 19.1 Å². The Balaban J connectivity index is 2.66. The maximum atomic E-state index is 12.3. The Morgan fingerprint density at radius 3 is 2.65 bits per heavy atom. The summed E-state index contributed by atoms with van der Waals surface area (Å²) in [6.45, 7) is -0.408. The Morgan fingerprint density at radius 2 is 2.09 bits per heavy atom. The Bertz CT molecular complexity index is 496. The van der Waals surface area contributed by atoms with Crippen molar-refractivity contribution in [3.05, 3.63) is 23.8 Å². The first-order valence-electron chi connectivity index (χ1n) is 7.20. The largest absolute Gasteiger partial charge is 0.490 e. The minimum atomic E-state index is -2.93. The molecule has 0 spiro atoms. The molecule has 0 bridgehead atoms. The van der Waals surface area contributed by atoms with Crippen molar-refractivity contribution in [2.24, 2.45) is 5.73 Å². The number of rotatable bonds is 10. The van der Waals surface area contributed by atoms with Gasteiger partial charge >= 0.3 is 6.61 Å². The minimum Gasteiger partial charge on any atom is -0.490 e. The number of carbonyl (C=O) groups excluding carboxylic acids is 1. The molecule has 0 aliphatic rings. The molecule has 0 saturated heterocycles. The molecule has 0 aliphatic heterocycles. The fourth-order valence-electron chi connectivity index (χ4n) is 1.87. The lowest BCUT2D eigenvalue weighted by molar-refractivity contribution is -0.123. The summed E-state index contributed by atoms with van der Waals surface area (Å²) in [5.74, 6) is -0.0519. The highest BCUT2D eigenvalue weighted by Crippen LogP contribution is 2.29. The molecule has 0 saturated carbocycles. The lowest BCUT2D eigenvalue weighted by Gasteiger charge is -2.14. The van der Waals surface area contributed by atoms with Crippen LogP contribution in [0.4, 0.5) is 8.78 Å². The second kappa shape index (κ2) is 9.96. The summed E-state index contributed by atoms with van der Waals surface area (Å²) in [5.41, 5.74) is 6.15. The van der Waals surface area contributed by atoms with E-state index in [1.165, 1.54) is 13.2 Å². The molecule has 130 valence electrons. The average molecular weight is 332 g/mol. The van der Waals surface area contributed by atoms with E-state index in [1.807, 2.05) is 0 Å². The van der Waals surface area contributed by atoms with Gasteiger partial charge in [0.15, 0.2) is 11.5 Å². The van der Waals surface area contributed by atoms with E-state index in [0.29, 0.717) is 12.2 Å². The molecule has 0 heterocycles. The topological polar surface area (TPSA) is 82.8 Å². The van der Waals surface area contributed by atoms with Crippen molar-refractivity contribution in [2.45, 2.75) is 32.6 Å². The van der Waals surface area contributed by atoms with Gasteiger partial charge in [-0.1, -0.05) is 6.07 Å². The SMILES string of the molecule is CCOc1cc(CNC(=O)CC(CN)OC)ccc1OC(F)F. The third-order valence-electron chi connectivity index (χ3n) is 3.02. The van der Waals surface area contributed by atoms with Crippen molar-refractivity contribution >= 4 is 5.91 Å². The second-order valence-electron chi connectivity index (χ2n) is 4.67. The number of benzene rings is 1. The lowest BCUT2D eigenvalue weighted by Crippen LogP contribution is -2.31. The van der Waals surface area contributed by atoms with E-state index >= 15 is 0 Å². The summed E-state index contributed by atoms with van der Waals surface area (Å²) < 4.78 is 39.3. The maximum Gasteiger partial charge on any atom is 0.387 e. The second-order valence-corrected chi connectivity index (χ2v) is 4.67. The first kappa shape index (κ1) is 19.1. The number of methoxy groups -OCH3 is 1. The van der Waals surface area contributed by atoms with Crippen LogP contribution in [0.15, 0.2) is 18.2 Å².